The summed E-state index contributed by atoms with van der Waals surface area (Å²) in [7, 11) is 0. The van der Waals surface area contributed by atoms with Gasteiger partial charge in [-0.15, -0.1) is 0 Å². The van der Waals surface area contributed by atoms with E-state index >= 15 is 0 Å². The predicted molar refractivity (Wildman–Crippen MR) is 58.2 cm³/mol. The van der Waals surface area contributed by atoms with Crippen molar-refractivity contribution in [3.63, 3.8) is 0 Å². The van der Waals surface area contributed by atoms with Gasteiger partial charge in [-0.2, -0.15) is 4.79 Å². The van der Waals surface area contributed by atoms with Gasteiger partial charge in [0.15, 0.2) is 0 Å². The van der Waals surface area contributed by atoms with Gasteiger partial charge in [0, 0.05) is 19.2 Å². The van der Waals surface area contributed by atoms with E-state index in [-0.39, 0.29) is 44.3 Å². The Labute approximate surface area is 132 Å². The van der Waals surface area contributed by atoms with Gasteiger partial charge in [-0.3, -0.25) is 0 Å². The Morgan fingerprint density at radius 2 is 1.88 bits per heavy atom. The molecule has 0 aliphatic heterocycles. The largest absolute Gasteiger partial charge is 2.00 e. The molecule has 0 fully saturated rings. The van der Waals surface area contributed by atoms with Crippen molar-refractivity contribution < 1.29 is 49.1 Å². The Balaban J connectivity index is -0.000000653. The van der Waals surface area contributed by atoms with E-state index in [0.29, 0.717) is 17.2 Å². The van der Waals surface area contributed by atoms with E-state index in [1.54, 1.807) is 6.08 Å². The standard InChI is InChI=1S/C10H14ClN3.2ClH.Zn/c1-3-14(4-2)10-6-5-8(13-12)7-9(10)11;;;/h6-7H,3-5H2,1-2H3;2*1H;/q;;;+2/p-2. The van der Waals surface area contributed by atoms with Gasteiger partial charge >= 0.3 is 19.5 Å². The summed E-state index contributed by atoms with van der Waals surface area (Å²) in [6.07, 6.45) is 4.33. The third-order valence-electron chi connectivity index (χ3n) is 2.28. The van der Waals surface area contributed by atoms with Crippen LogP contribution in [0, 0.1) is 0 Å². The number of nitrogens with zero attached hydrogens (tertiary/aromatic N) is 3. The summed E-state index contributed by atoms with van der Waals surface area (Å²) < 4.78 is 0. The first-order chi connectivity index (χ1) is 6.72. The van der Waals surface area contributed by atoms with Gasteiger partial charge in [0.1, 0.15) is 0 Å². The molecule has 0 aromatic carbocycles. The molecule has 0 bridgehead atoms. The van der Waals surface area contributed by atoms with Crippen LogP contribution in [0.2, 0.25) is 0 Å². The Bertz CT molecular complexity index is 332. The van der Waals surface area contributed by atoms with E-state index < -0.39 is 0 Å². The fourth-order valence-electron chi connectivity index (χ4n) is 1.49. The van der Waals surface area contributed by atoms with Crippen LogP contribution in [-0.4, -0.2) is 28.5 Å². The molecule has 7 heteroatoms. The molecule has 0 N–H and O–H groups in total. The predicted octanol–water partition coefficient (Wildman–Crippen LogP) is -3.59. The summed E-state index contributed by atoms with van der Waals surface area (Å²) in [4.78, 5) is 5.31. The molecule has 0 atom stereocenters. The van der Waals surface area contributed by atoms with E-state index in [1.807, 2.05) is 6.08 Å². The second-order valence-electron chi connectivity index (χ2n) is 3.05. The van der Waals surface area contributed by atoms with Gasteiger partial charge in [-0.05, 0) is 19.9 Å². The second-order valence-corrected chi connectivity index (χ2v) is 3.46. The van der Waals surface area contributed by atoms with Crippen molar-refractivity contribution >= 4 is 17.3 Å². The Morgan fingerprint density at radius 1 is 1.35 bits per heavy atom. The molecule has 0 unspecified atom stereocenters. The van der Waals surface area contributed by atoms with Crippen molar-refractivity contribution in [3.8, 4) is 0 Å². The molecule has 3 nitrogen and oxygen atoms in total. The molecule has 0 saturated heterocycles. The first-order valence-corrected chi connectivity index (χ1v) is 5.14. The van der Waals surface area contributed by atoms with Crippen molar-refractivity contribution in [1.82, 2.24) is 4.90 Å². The zero-order chi connectivity index (χ0) is 10.6. The summed E-state index contributed by atoms with van der Waals surface area (Å²) in [5, 5.41) is 0.646. The Morgan fingerprint density at radius 3 is 2.24 bits per heavy atom. The van der Waals surface area contributed by atoms with Gasteiger partial charge in [-0.25, -0.2) is 0 Å². The molecule has 0 aromatic heterocycles. The number of rotatable bonds is 3. The van der Waals surface area contributed by atoms with Crippen molar-refractivity contribution in [2.24, 2.45) is 0 Å². The van der Waals surface area contributed by atoms with Crippen LogP contribution >= 0.6 is 11.6 Å². The van der Waals surface area contributed by atoms with E-state index in [9.17, 15) is 0 Å². The quantitative estimate of drug-likeness (QED) is 0.295. The molecule has 92 valence electrons. The molecular weight excluding hydrogens is 334 g/mol. The molecule has 1 rings (SSSR count). The molecule has 1 aliphatic carbocycles. The van der Waals surface area contributed by atoms with Gasteiger partial charge in [-0.1, -0.05) is 11.6 Å². The average Bonchev–Trinajstić information content (AvgIpc) is 2.22. The number of allylic oxidation sites excluding steroid dienone is 3. The minimum Gasteiger partial charge on any atom is -1.00 e. The van der Waals surface area contributed by atoms with Gasteiger partial charge in [0.05, 0.1) is 17.2 Å². The first kappa shape index (κ1) is 22.3. The average molecular weight is 348 g/mol. The monoisotopic (exact) mass is 345 g/mol. The number of hydrogen-bond donors (Lipinski definition) is 0. The van der Waals surface area contributed by atoms with Gasteiger partial charge < -0.3 is 35.2 Å². The molecule has 0 radical (unpaired) electrons. The summed E-state index contributed by atoms with van der Waals surface area (Å²) >= 11 is 6.07. The van der Waals surface area contributed by atoms with Crippen LogP contribution in [0.15, 0.2) is 22.9 Å². The minimum absolute atomic E-state index is 0. The maximum atomic E-state index is 8.59. The normalized spacial score (nSPS) is 13.0. The maximum Gasteiger partial charge on any atom is 2.00 e. The number of halogens is 3. The van der Waals surface area contributed by atoms with Crippen LogP contribution in [0.4, 0.5) is 0 Å². The van der Waals surface area contributed by atoms with Crippen molar-refractivity contribution in [2.45, 2.75) is 20.3 Å². The molecule has 1 aliphatic rings. The maximum absolute atomic E-state index is 8.59. The molecule has 0 spiro atoms. The van der Waals surface area contributed by atoms with Gasteiger partial charge in [0.2, 0.25) is 0 Å². The Hall–Kier alpha value is 0.153. The summed E-state index contributed by atoms with van der Waals surface area (Å²) in [6, 6.07) is 0. The van der Waals surface area contributed by atoms with Crippen LogP contribution in [-0.2, 0) is 19.5 Å². The van der Waals surface area contributed by atoms with E-state index in [4.69, 9.17) is 17.1 Å². The fourth-order valence-corrected chi connectivity index (χ4v) is 1.81. The molecule has 0 saturated carbocycles. The first-order valence-electron chi connectivity index (χ1n) is 4.76. The molecule has 0 heterocycles. The minimum atomic E-state index is 0. The zero-order valence-electron chi connectivity index (χ0n) is 9.96. The SMILES string of the molecule is CCN(CC)C1=CCC(=[N+]=[N-])C=C1Cl.[Cl-].[Cl-].[Zn+2]. The summed E-state index contributed by atoms with van der Waals surface area (Å²) in [6.45, 7) is 6.03. The van der Waals surface area contributed by atoms with Crippen molar-refractivity contribution in [2.75, 3.05) is 13.1 Å². The zero-order valence-corrected chi connectivity index (χ0v) is 15.2. The van der Waals surface area contributed by atoms with Crippen molar-refractivity contribution in [1.29, 1.82) is 0 Å². The topological polar surface area (TPSA) is 39.6 Å². The van der Waals surface area contributed by atoms with Crippen LogP contribution in [0.5, 0.6) is 0 Å². The number of hydrogen-bond acceptors (Lipinski definition) is 1. The molecule has 0 amide bonds. The van der Waals surface area contributed by atoms with E-state index in [0.717, 1.165) is 18.8 Å². The van der Waals surface area contributed by atoms with Crippen LogP contribution in [0.1, 0.15) is 20.3 Å². The third kappa shape index (κ3) is 6.04. The second kappa shape index (κ2) is 11.3. The van der Waals surface area contributed by atoms with E-state index in [1.165, 1.54) is 0 Å². The van der Waals surface area contributed by atoms with E-state index in [2.05, 4.69) is 23.5 Å². The summed E-state index contributed by atoms with van der Waals surface area (Å²) in [5.74, 6) is 0. The van der Waals surface area contributed by atoms with Crippen LogP contribution in [0.25, 0.3) is 5.53 Å². The molecule has 0 aromatic rings. The number of likely N-dealkylation sites (N-methyl/N-ethyl adjacent to an activating group) is 1. The smallest absolute Gasteiger partial charge is 1.00 e. The Kier molecular flexibility index (Phi) is 14.8. The fraction of sp³-hybridized carbons (Fsp3) is 0.500. The summed E-state index contributed by atoms with van der Waals surface area (Å²) in [5.41, 5.74) is 10.2. The molecule has 17 heavy (non-hydrogen) atoms. The van der Waals surface area contributed by atoms with Crippen LogP contribution in [0.3, 0.4) is 0 Å². The molecular formula is C10H14Cl3N3Zn. The van der Waals surface area contributed by atoms with Crippen molar-refractivity contribution in [3.05, 3.63) is 28.4 Å². The van der Waals surface area contributed by atoms with Crippen LogP contribution < -0.4 is 24.8 Å². The third-order valence-corrected chi connectivity index (χ3v) is 2.58. The van der Waals surface area contributed by atoms with Gasteiger partial charge in [0.25, 0.3) is 5.71 Å².